The predicted octanol–water partition coefficient (Wildman–Crippen LogP) is 2.92. The van der Waals surface area contributed by atoms with Crippen LogP contribution in [-0.4, -0.2) is 28.3 Å². The van der Waals surface area contributed by atoms with Gasteiger partial charge in [-0.05, 0) is 35.4 Å². The molecule has 2 aliphatic heterocycles. The summed E-state index contributed by atoms with van der Waals surface area (Å²) in [5.74, 6) is 2.14. The summed E-state index contributed by atoms with van der Waals surface area (Å²) in [6.07, 6.45) is 0. The zero-order valence-electron chi connectivity index (χ0n) is 13.5. The third-order valence-corrected chi connectivity index (χ3v) is 4.80. The third-order valence-electron chi connectivity index (χ3n) is 3.89. The largest absolute Gasteiger partial charge is 0.454 e. The van der Waals surface area contributed by atoms with Crippen molar-refractivity contribution in [1.29, 1.82) is 0 Å². The van der Waals surface area contributed by atoms with Crippen molar-refractivity contribution in [2.45, 2.75) is 6.54 Å². The van der Waals surface area contributed by atoms with Crippen LogP contribution in [0.3, 0.4) is 0 Å². The molecule has 2 aromatic carbocycles. The number of nitro benzene ring substituents is 1. The maximum Gasteiger partial charge on any atom is 0.269 e. The van der Waals surface area contributed by atoms with Gasteiger partial charge in [0.25, 0.3) is 5.69 Å². The van der Waals surface area contributed by atoms with E-state index >= 15 is 0 Å². The molecule has 8 nitrogen and oxygen atoms in total. The summed E-state index contributed by atoms with van der Waals surface area (Å²) in [6.45, 7) is 0.763. The van der Waals surface area contributed by atoms with Crippen molar-refractivity contribution < 1.29 is 14.4 Å². The van der Waals surface area contributed by atoms with Gasteiger partial charge in [-0.2, -0.15) is 5.10 Å². The maximum atomic E-state index is 10.7. The van der Waals surface area contributed by atoms with Crippen molar-refractivity contribution in [3.05, 3.63) is 63.7 Å². The topological polar surface area (TPSA) is 98.4 Å². The molecule has 0 amide bonds. The average molecular weight is 370 g/mol. The number of fused-ring (bicyclic) bond motifs is 1. The Bertz CT molecular complexity index is 911. The molecule has 0 bridgehead atoms. The monoisotopic (exact) mass is 370 g/mol. The van der Waals surface area contributed by atoms with E-state index in [1.54, 1.807) is 12.1 Å². The third kappa shape index (κ3) is 3.47. The summed E-state index contributed by atoms with van der Waals surface area (Å²) in [5.41, 5.74) is 5.71. The Hall–Kier alpha value is -3.07. The summed E-state index contributed by atoms with van der Waals surface area (Å²) >= 11 is 1.54. The second-order valence-corrected chi connectivity index (χ2v) is 6.54. The summed E-state index contributed by atoms with van der Waals surface area (Å²) in [7, 11) is 0. The van der Waals surface area contributed by atoms with Crippen LogP contribution in [0, 0.1) is 10.1 Å². The van der Waals surface area contributed by atoms with Crippen molar-refractivity contribution in [3.63, 3.8) is 0 Å². The Labute approximate surface area is 153 Å². The lowest BCUT2D eigenvalue weighted by Gasteiger charge is -2.14. The second-order valence-electron chi connectivity index (χ2n) is 5.57. The van der Waals surface area contributed by atoms with E-state index < -0.39 is 4.92 Å². The Kier molecular flexibility index (Phi) is 4.44. The molecule has 26 heavy (non-hydrogen) atoms. The summed E-state index contributed by atoms with van der Waals surface area (Å²) in [4.78, 5) is 14.8. The van der Waals surface area contributed by atoms with Gasteiger partial charge < -0.3 is 9.47 Å². The van der Waals surface area contributed by atoms with E-state index in [9.17, 15) is 10.1 Å². The van der Waals surface area contributed by atoms with Gasteiger partial charge in [-0.3, -0.25) is 20.5 Å². The first-order valence-corrected chi connectivity index (χ1v) is 8.81. The van der Waals surface area contributed by atoms with Crippen LogP contribution >= 0.6 is 11.8 Å². The zero-order valence-corrected chi connectivity index (χ0v) is 14.4. The van der Waals surface area contributed by atoms with E-state index in [0.717, 1.165) is 33.5 Å². The number of nitro groups is 1. The van der Waals surface area contributed by atoms with Crippen molar-refractivity contribution in [2.24, 2.45) is 10.1 Å². The number of thioether (sulfide) groups is 1. The van der Waals surface area contributed by atoms with Crippen LogP contribution in [0.2, 0.25) is 0 Å². The minimum absolute atomic E-state index is 0.0664. The smallest absolute Gasteiger partial charge is 0.269 e. The number of ether oxygens (including phenoxy) is 2. The zero-order chi connectivity index (χ0) is 17.9. The highest BCUT2D eigenvalue weighted by molar-refractivity contribution is 8.14. The van der Waals surface area contributed by atoms with Gasteiger partial charge in [0.1, 0.15) is 0 Å². The lowest BCUT2D eigenvalue weighted by molar-refractivity contribution is -0.384. The first-order chi connectivity index (χ1) is 12.7. The molecule has 0 saturated heterocycles. The summed E-state index contributed by atoms with van der Waals surface area (Å²) in [6, 6.07) is 12.1. The van der Waals surface area contributed by atoms with Crippen LogP contribution in [-0.2, 0) is 6.54 Å². The molecule has 0 aromatic heterocycles. The molecule has 0 unspecified atom stereocenters. The molecule has 1 N–H and O–H groups in total. The fourth-order valence-electron chi connectivity index (χ4n) is 2.52. The first kappa shape index (κ1) is 16.4. The number of nitrogens with zero attached hydrogens (tertiary/aromatic N) is 3. The number of amidine groups is 1. The van der Waals surface area contributed by atoms with Gasteiger partial charge in [0.2, 0.25) is 6.79 Å². The summed E-state index contributed by atoms with van der Waals surface area (Å²) < 4.78 is 10.7. The molecule has 0 atom stereocenters. The maximum absolute atomic E-state index is 10.7. The number of rotatable bonds is 4. The molecular formula is C17H14N4O4S. The van der Waals surface area contributed by atoms with Crippen LogP contribution in [0.1, 0.15) is 11.1 Å². The summed E-state index contributed by atoms with van der Waals surface area (Å²) in [5, 5.41) is 15.8. The number of nitrogens with one attached hydrogen (secondary N) is 1. The fourth-order valence-corrected chi connectivity index (χ4v) is 3.29. The van der Waals surface area contributed by atoms with Gasteiger partial charge in [-0.15, -0.1) is 0 Å². The minimum atomic E-state index is -0.416. The van der Waals surface area contributed by atoms with Crippen LogP contribution in [0.15, 0.2) is 52.6 Å². The number of hydrogen-bond acceptors (Lipinski definition) is 7. The normalized spacial score (nSPS) is 16.9. The SMILES string of the molecule is O=[N+]([O-])c1ccc(C2=NNC(=NCc3ccc4c(c3)OCO4)SC2)cc1. The highest BCUT2D eigenvalue weighted by Crippen LogP contribution is 2.32. The van der Waals surface area contributed by atoms with Crippen molar-refractivity contribution in [1.82, 2.24) is 5.43 Å². The molecule has 132 valence electrons. The number of hydrazone groups is 1. The van der Waals surface area contributed by atoms with Gasteiger partial charge in [0, 0.05) is 17.9 Å². The second kappa shape index (κ2) is 7.04. The molecule has 2 heterocycles. The van der Waals surface area contributed by atoms with Crippen molar-refractivity contribution in [2.75, 3.05) is 12.5 Å². The van der Waals surface area contributed by atoms with Gasteiger partial charge in [-0.1, -0.05) is 17.8 Å². The number of aliphatic imine (C=N–C) groups is 1. The van der Waals surface area contributed by atoms with E-state index in [1.165, 1.54) is 23.9 Å². The Morgan fingerprint density at radius 2 is 2.00 bits per heavy atom. The molecule has 0 spiro atoms. The lowest BCUT2D eigenvalue weighted by Crippen LogP contribution is -2.25. The lowest BCUT2D eigenvalue weighted by atomic mass is 10.1. The van der Waals surface area contributed by atoms with Crippen LogP contribution in [0.25, 0.3) is 0 Å². The van der Waals surface area contributed by atoms with Crippen LogP contribution < -0.4 is 14.9 Å². The van der Waals surface area contributed by atoms with E-state index in [0.29, 0.717) is 12.3 Å². The molecule has 0 saturated carbocycles. The molecule has 2 aliphatic rings. The van der Waals surface area contributed by atoms with Gasteiger partial charge in [0.05, 0.1) is 17.2 Å². The molecule has 0 radical (unpaired) electrons. The average Bonchev–Trinajstić information content (AvgIpc) is 3.15. The first-order valence-electron chi connectivity index (χ1n) is 7.82. The number of hydrogen-bond donors (Lipinski definition) is 1. The molecule has 2 aromatic rings. The Morgan fingerprint density at radius 3 is 2.73 bits per heavy atom. The molecule has 0 fully saturated rings. The van der Waals surface area contributed by atoms with Crippen LogP contribution in [0.4, 0.5) is 5.69 Å². The number of benzene rings is 2. The quantitative estimate of drug-likeness (QED) is 0.656. The van der Waals surface area contributed by atoms with Gasteiger partial charge >= 0.3 is 0 Å². The highest BCUT2D eigenvalue weighted by Gasteiger charge is 2.15. The minimum Gasteiger partial charge on any atom is -0.454 e. The van der Waals surface area contributed by atoms with Gasteiger partial charge in [-0.25, -0.2) is 0 Å². The Morgan fingerprint density at radius 1 is 1.19 bits per heavy atom. The standard InChI is InChI=1S/C17H14N4O4S/c22-21(23)13-4-2-12(3-5-13)14-9-26-17(20-19-14)18-8-11-1-6-15-16(7-11)25-10-24-15/h1-7H,8-10H2,(H,18,20). The van der Waals surface area contributed by atoms with E-state index in [-0.39, 0.29) is 12.5 Å². The molecular weight excluding hydrogens is 356 g/mol. The number of non-ortho nitro benzene ring substituents is 1. The molecule has 4 rings (SSSR count). The van der Waals surface area contributed by atoms with Crippen molar-refractivity contribution >= 4 is 28.3 Å². The fraction of sp³-hybridized carbons (Fsp3) is 0.176. The van der Waals surface area contributed by atoms with Crippen molar-refractivity contribution in [3.8, 4) is 11.5 Å². The Balaban J connectivity index is 1.40. The molecule has 9 heteroatoms. The van der Waals surface area contributed by atoms with Gasteiger partial charge in [0.15, 0.2) is 16.7 Å². The van der Waals surface area contributed by atoms with Crippen LogP contribution in [0.5, 0.6) is 11.5 Å². The van der Waals surface area contributed by atoms with E-state index in [1.807, 2.05) is 18.2 Å². The molecule has 0 aliphatic carbocycles. The van der Waals surface area contributed by atoms with E-state index in [2.05, 4.69) is 15.5 Å². The van der Waals surface area contributed by atoms with E-state index in [4.69, 9.17) is 9.47 Å². The highest BCUT2D eigenvalue weighted by atomic mass is 32.2. The predicted molar refractivity (Wildman–Crippen MR) is 98.9 cm³/mol.